The lowest BCUT2D eigenvalue weighted by Gasteiger charge is -2.22. The minimum atomic E-state index is -0.430. The topological polar surface area (TPSA) is 97.7 Å². The standard InChI is InChI=1S/C30H18O6/c1-14-11-20-21(28(33)17-8-4-3-7-16(17)27(20)32)12-23(14)36-24-13-22-25(26(31)15(24)2)30(35)19-10-6-5-9-18(19)29(22)34/h3-13,31H,1-2H3. The summed E-state index contributed by atoms with van der Waals surface area (Å²) < 4.78 is 6.11. The van der Waals surface area contributed by atoms with Crippen LogP contribution < -0.4 is 4.74 Å². The Hall–Kier alpha value is -4.84. The quantitative estimate of drug-likeness (QED) is 0.363. The summed E-state index contributed by atoms with van der Waals surface area (Å²) in [5.74, 6) is -1.20. The summed E-state index contributed by atoms with van der Waals surface area (Å²) in [6, 6.07) is 17.7. The van der Waals surface area contributed by atoms with Crippen molar-refractivity contribution in [3.05, 3.63) is 122 Å². The summed E-state index contributed by atoms with van der Waals surface area (Å²) in [6.45, 7) is 3.33. The van der Waals surface area contributed by atoms with Crippen molar-refractivity contribution >= 4 is 23.1 Å². The lowest BCUT2D eigenvalue weighted by Crippen LogP contribution is -2.21. The van der Waals surface area contributed by atoms with Gasteiger partial charge in [0.2, 0.25) is 0 Å². The molecule has 0 aliphatic heterocycles. The highest BCUT2D eigenvalue weighted by molar-refractivity contribution is 6.30. The highest BCUT2D eigenvalue weighted by atomic mass is 16.5. The van der Waals surface area contributed by atoms with Gasteiger partial charge in [-0.15, -0.1) is 0 Å². The zero-order valence-electron chi connectivity index (χ0n) is 19.3. The average Bonchev–Trinajstić information content (AvgIpc) is 2.89. The molecule has 6 rings (SSSR count). The van der Waals surface area contributed by atoms with Crippen molar-refractivity contribution in [3.8, 4) is 17.2 Å². The Labute approximate surface area is 205 Å². The van der Waals surface area contributed by atoms with E-state index in [2.05, 4.69) is 0 Å². The van der Waals surface area contributed by atoms with Crippen LogP contribution >= 0.6 is 0 Å². The maximum absolute atomic E-state index is 13.2. The van der Waals surface area contributed by atoms with E-state index >= 15 is 0 Å². The number of phenols is 1. The van der Waals surface area contributed by atoms with Gasteiger partial charge >= 0.3 is 0 Å². The van der Waals surface area contributed by atoms with E-state index in [-0.39, 0.29) is 62.2 Å². The Morgan fingerprint density at radius 3 is 1.56 bits per heavy atom. The Morgan fingerprint density at radius 2 is 1.00 bits per heavy atom. The third-order valence-electron chi connectivity index (χ3n) is 6.83. The second-order valence-electron chi connectivity index (χ2n) is 8.94. The second kappa shape index (κ2) is 7.58. The van der Waals surface area contributed by atoms with E-state index in [0.29, 0.717) is 28.0 Å². The highest BCUT2D eigenvalue weighted by Gasteiger charge is 2.34. The van der Waals surface area contributed by atoms with Crippen molar-refractivity contribution in [1.29, 1.82) is 0 Å². The molecule has 0 radical (unpaired) electrons. The predicted molar refractivity (Wildman–Crippen MR) is 131 cm³/mol. The number of aromatic hydroxyl groups is 1. The Kier molecular flexibility index (Phi) is 4.57. The molecular weight excluding hydrogens is 456 g/mol. The number of carbonyl (C=O) groups is 4. The molecule has 0 atom stereocenters. The number of hydrogen-bond acceptors (Lipinski definition) is 6. The van der Waals surface area contributed by atoms with Crippen LogP contribution in [0.5, 0.6) is 17.2 Å². The molecule has 6 nitrogen and oxygen atoms in total. The molecule has 4 aromatic rings. The Morgan fingerprint density at radius 1 is 0.556 bits per heavy atom. The Balaban J connectivity index is 1.46. The number of phenolic OH excluding ortho intramolecular Hbond substituents is 1. The minimum absolute atomic E-state index is 0.0487. The normalized spacial score (nSPS) is 13.6. The van der Waals surface area contributed by atoms with Gasteiger partial charge in [-0.1, -0.05) is 48.5 Å². The van der Waals surface area contributed by atoms with Crippen LogP contribution in [0.25, 0.3) is 0 Å². The van der Waals surface area contributed by atoms with Gasteiger partial charge in [0.05, 0.1) is 5.56 Å². The van der Waals surface area contributed by atoms with Crippen LogP contribution in [-0.2, 0) is 0 Å². The third kappa shape index (κ3) is 2.91. The van der Waals surface area contributed by atoms with E-state index < -0.39 is 5.78 Å². The predicted octanol–water partition coefficient (Wildman–Crippen LogP) is 5.35. The van der Waals surface area contributed by atoms with Crippen LogP contribution in [-0.4, -0.2) is 28.2 Å². The van der Waals surface area contributed by atoms with Crippen LogP contribution in [0.15, 0.2) is 66.7 Å². The summed E-state index contributed by atoms with van der Waals surface area (Å²) in [5, 5.41) is 10.9. The lowest BCUT2D eigenvalue weighted by molar-refractivity contribution is 0.0976. The molecule has 0 saturated heterocycles. The number of rotatable bonds is 2. The number of ether oxygens (including phenoxy) is 1. The van der Waals surface area contributed by atoms with E-state index in [0.717, 1.165) is 0 Å². The van der Waals surface area contributed by atoms with Gasteiger partial charge in [-0.25, -0.2) is 0 Å². The van der Waals surface area contributed by atoms with Crippen LogP contribution in [0.4, 0.5) is 0 Å². The average molecular weight is 474 g/mol. The number of hydrogen-bond donors (Lipinski definition) is 1. The highest BCUT2D eigenvalue weighted by Crippen LogP contribution is 2.42. The fourth-order valence-corrected chi connectivity index (χ4v) is 4.88. The summed E-state index contributed by atoms with van der Waals surface area (Å²) in [7, 11) is 0. The molecule has 0 saturated carbocycles. The lowest BCUT2D eigenvalue weighted by atomic mass is 9.82. The molecule has 6 heteroatoms. The van der Waals surface area contributed by atoms with Gasteiger partial charge < -0.3 is 9.84 Å². The van der Waals surface area contributed by atoms with Gasteiger partial charge in [0.25, 0.3) is 0 Å². The van der Waals surface area contributed by atoms with Gasteiger partial charge in [0, 0.05) is 44.5 Å². The first-order chi connectivity index (χ1) is 17.3. The molecule has 0 aromatic heterocycles. The summed E-state index contributed by atoms with van der Waals surface area (Å²) in [5.41, 5.74) is 2.58. The van der Waals surface area contributed by atoms with Gasteiger partial charge in [0.15, 0.2) is 23.1 Å². The number of fused-ring (bicyclic) bond motifs is 4. The van der Waals surface area contributed by atoms with Gasteiger partial charge in [-0.3, -0.25) is 19.2 Å². The molecule has 0 heterocycles. The van der Waals surface area contributed by atoms with Gasteiger partial charge in [-0.05, 0) is 37.6 Å². The molecule has 0 spiro atoms. The van der Waals surface area contributed by atoms with Gasteiger partial charge in [0.1, 0.15) is 17.2 Å². The molecule has 174 valence electrons. The number of benzene rings is 4. The maximum atomic E-state index is 13.2. The molecule has 0 unspecified atom stereocenters. The largest absolute Gasteiger partial charge is 0.507 e. The van der Waals surface area contributed by atoms with Crippen LogP contribution in [0, 0.1) is 13.8 Å². The molecule has 2 aliphatic rings. The maximum Gasteiger partial charge on any atom is 0.198 e. The van der Waals surface area contributed by atoms with Crippen LogP contribution in [0.3, 0.4) is 0 Å². The van der Waals surface area contributed by atoms with Crippen LogP contribution in [0.2, 0.25) is 0 Å². The number of aryl methyl sites for hydroxylation is 1. The Bertz CT molecular complexity index is 1710. The van der Waals surface area contributed by atoms with Crippen molar-refractivity contribution < 1.29 is 29.0 Å². The number of ketones is 4. The molecule has 0 bridgehead atoms. The molecule has 4 aromatic carbocycles. The second-order valence-corrected chi connectivity index (χ2v) is 8.94. The first kappa shape index (κ1) is 21.7. The van der Waals surface area contributed by atoms with E-state index in [1.807, 2.05) is 0 Å². The fraction of sp³-hybridized carbons (Fsp3) is 0.0667. The van der Waals surface area contributed by atoms with Crippen molar-refractivity contribution in [1.82, 2.24) is 0 Å². The number of carbonyl (C=O) groups excluding carboxylic acids is 4. The third-order valence-corrected chi connectivity index (χ3v) is 6.83. The van der Waals surface area contributed by atoms with Crippen molar-refractivity contribution in [2.75, 3.05) is 0 Å². The summed E-state index contributed by atoms with van der Waals surface area (Å²) >= 11 is 0. The smallest absolute Gasteiger partial charge is 0.198 e. The first-order valence-electron chi connectivity index (χ1n) is 11.3. The zero-order valence-corrected chi connectivity index (χ0v) is 19.3. The molecule has 2 aliphatic carbocycles. The van der Waals surface area contributed by atoms with Crippen molar-refractivity contribution in [2.45, 2.75) is 13.8 Å². The monoisotopic (exact) mass is 474 g/mol. The van der Waals surface area contributed by atoms with Crippen LogP contribution in [0.1, 0.15) is 74.8 Å². The molecule has 0 amide bonds. The molecular formula is C30H18O6. The summed E-state index contributed by atoms with van der Waals surface area (Å²) in [4.78, 5) is 52.4. The summed E-state index contributed by atoms with van der Waals surface area (Å²) in [6.07, 6.45) is 0. The first-order valence-corrected chi connectivity index (χ1v) is 11.3. The van der Waals surface area contributed by atoms with E-state index in [1.165, 1.54) is 12.1 Å². The van der Waals surface area contributed by atoms with E-state index in [9.17, 15) is 24.3 Å². The molecule has 0 fully saturated rings. The van der Waals surface area contributed by atoms with E-state index in [4.69, 9.17) is 4.74 Å². The van der Waals surface area contributed by atoms with E-state index in [1.54, 1.807) is 68.4 Å². The minimum Gasteiger partial charge on any atom is -0.507 e. The SMILES string of the molecule is Cc1cc2c(cc1Oc1cc3c(c(O)c1C)C(=O)c1ccccc1C3=O)C(=O)c1ccccc1C2=O. The zero-order chi connectivity index (χ0) is 25.3. The van der Waals surface area contributed by atoms with Gasteiger partial charge in [-0.2, -0.15) is 0 Å². The van der Waals surface area contributed by atoms with Crippen molar-refractivity contribution in [3.63, 3.8) is 0 Å². The molecule has 1 N–H and O–H groups in total. The molecule has 36 heavy (non-hydrogen) atoms. The fourth-order valence-electron chi connectivity index (χ4n) is 4.88. The van der Waals surface area contributed by atoms with Crippen molar-refractivity contribution in [2.24, 2.45) is 0 Å².